The molecule has 0 unspecified atom stereocenters. The van der Waals surface area contributed by atoms with Gasteiger partial charge in [-0.2, -0.15) is 0 Å². The van der Waals surface area contributed by atoms with Crippen molar-refractivity contribution in [3.8, 4) is 0 Å². The van der Waals surface area contributed by atoms with Gasteiger partial charge in [-0.15, -0.1) is 0 Å². The first-order valence-electron chi connectivity index (χ1n) is 9.40. The molecular formula is C21H25BrN2O3S. The second-order valence-corrected chi connectivity index (χ2v) is 10.2. The van der Waals surface area contributed by atoms with Gasteiger partial charge in [-0.1, -0.05) is 46.6 Å². The number of benzene rings is 2. The SMILES string of the molecule is Cc1ccc(S(=O)(=O)N(CC(=O)N2CCC[C@@H](C)C2)c2cccc(Br)c2)cc1. The van der Waals surface area contributed by atoms with E-state index in [1.807, 2.05) is 13.0 Å². The van der Waals surface area contributed by atoms with Crippen LogP contribution in [0.2, 0.25) is 0 Å². The third-order valence-electron chi connectivity index (χ3n) is 4.99. The molecule has 1 aliphatic rings. The van der Waals surface area contributed by atoms with Gasteiger partial charge in [-0.3, -0.25) is 9.10 Å². The fourth-order valence-corrected chi connectivity index (χ4v) is 5.22. The van der Waals surface area contributed by atoms with Crippen LogP contribution < -0.4 is 4.31 Å². The van der Waals surface area contributed by atoms with Crippen molar-refractivity contribution in [3.05, 3.63) is 58.6 Å². The lowest BCUT2D eigenvalue weighted by Crippen LogP contribution is -2.46. The number of carbonyl (C=O) groups excluding carboxylic acids is 1. The quantitative estimate of drug-likeness (QED) is 0.665. The van der Waals surface area contributed by atoms with E-state index in [2.05, 4.69) is 22.9 Å². The second kappa shape index (κ2) is 8.66. The van der Waals surface area contributed by atoms with Crippen LogP contribution in [0.3, 0.4) is 0 Å². The first kappa shape index (κ1) is 20.9. The molecule has 0 aliphatic carbocycles. The predicted molar refractivity (Wildman–Crippen MR) is 115 cm³/mol. The van der Waals surface area contributed by atoms with Crippen LogP contribution in [0.15, 0.2) is 57.9 Å². The Labute approximate surface area is 175 Å². The number of piperidine rings is 1. The third kappa shape index (κ3) is 4.75. The topological polar surface area (TPSA) is 57.7 Å². The number of rotatable bonds is 5. The van der Waals surface area contributed by atoms with Crippen LogP contribution in [-0.4, -0.2) is 38.9 Å². The van der Waals surface area contributed by atoms with Crippen molar-refractivity contribution in [2.75, 3.05) is 23.9 Å². The highest BCUT2D eigenvalue weighted by Gasteiger charge is 2.30. The number of aryl methyl sites for hydroxylation is 1. The molecule has 0 saturated carbocycles. The lowest BCUT2D eigenvalue weighted by atomic mass is 10.0. The summed E-state index contributed by atoms with van der Waals surface area (Å²) < 4.78 is 28.7. The highest BCUT2D eigenvalue weighted by molar-refractivity contribution is 9.10. The van der Waals surface area contributed by atoms with Crippen LogP contribution in [0.5, 0.6) is 0 Å². The Kier molecular flexibility index (Phi) is 6.45. The van der Waals surface area contributed by atoms with Crippen molar-refractivity contribution in [1.29, 1.82) is 0 Å². The van der Waals surface area contributed by atoms with E-state index >= 15 is 0 Å². The Morgan fingerprint density at radius 3 is 2.57 bits per heavy atom. The summed E-state index contributed by atoms with van der Waals surface area (Å²) in [4.78, 5) is 14.9. The molecule has 1 heterocycles. The molecule has 0 radical (unpaired) electrons. The first-order chi connectivity index (χ1) is 13.3. The van der Waals surface area contributed by atoms with Crippen LogP contribution in [0.1, 0.15) is 25.3 Å². The molecule has 150 valence electrons. The Hall–Kier alpha value is -1.86. The molecular weight excluding hydrogens is 440 g/mol. The van der Waals surface area contributed by atoms with E-state index < -0.39 is 10.0 Å². The minimum absolute atomic E-state index is 0.165. The molecule has 1 fully saturated rings. The zero-order valence-corrected chi connectivity index (χ0v) is 18.5. The van der Waals surface area contributed by atoms with Crippen LogP contribution in [0.25, 0.3) is 0 Å². The maximum absolute atomic E-state index is 13.4. The van der Waals surface area contributed by atoms with Gasteiger partial charge in [0.1, 0.15) is 6.54 Å². The summed E-state index contributed by atoms with van der Waals surface area (Å²) in [7, 11) is -3.87. The van der Waals surface area contributed by atoms with Crippen LogP contribution in [0, 0.1) is 12.8 Å². The summed E-state index contributed by atoms with van der Waals surface area (Å²) >= 11 is 3.40. The molecule has 1 aliphatic heterocycles. The van der Waals surface area contributed by atoms with E-state index in [-0.39, 0.29) is 17.3 Å². The zero-order valence-electron chi connectivity index (χ0n) is 16.1. The highest BCUT2D eigenvalue weighted by Crippen LogP contribution is 2.27. The number of amides is 1. The molecule has 1 saturated heterocycles. The zero-order chi connectivity index (χ0) is 20.3. The Morgan fingerprint density at radius 2 is 1.93 bits per heavy atom. The summed E-state index contributed by atoms with van der Waals surface area (Å²) in [6, 6.07) is 13.7. The molecule has 0 N–H and O–H groups in total. The van der Waals surface area contributed by atoms with Gasteiger partial charge >= 0.3 is 0 Å². The van der Waals surface area contributed by atoms with Crippen molar-refractivity contribution in [2.24, 2.45) is 5.92 Å². The number of sulfonamides is 1. The van der Waals surface area contributed by atoms with Crippen LogP contribution in [0.4, 0.5) is 5.69 Å². The largest absolute Gasteiger partial charge is 0.341 e. The van der Waals surface area contributed by atoms with Gasteiger partial charge in [0.15, 0.2) is 0 Å². The predicted octanol–water partition coefficient (Wildman–Crippen LogP) is 4.21. The Morgan fingerprint density at radius 1 is 1.21 bits per heavy atom. The molecule has 0 bridgehead atoms. The smallest absolute Gasteiger partial charge is 0.264 e. The minimum atomic E-state index is -3.87. The molecule has 1 atom stereocenters. The van der Waals surface area contributed by atoms with Crippen LogP contribution in [-0.2, 0) is 14.8 Å². The molecule has 7 heteroatoms. The van der Waals surface area contributed by atoms with Gasteiger partial charge in [-0.05, 0) is 56.0 Å². The van der Waals surface area contributed by atoms with Crippen molar-refractivity contribution >= 4 is 37.5 Å². The number of carbonyl (C=O) groups is 1. The van der Waals surface area contributed by atoms with Crippen molar-refractivity contribution in [2.45, 2.75) is 31.6 Å². The molecule has 3 rings (SSSR count). The fraction of sp³-hybridized carbons (Fsp3) is 0.381. The molecule has 2 aromatic carbocycles. The highest BCUT2D eigenvalue weighted by atomic mass is 79.9. The summed E-state index contributed by atoms with van der Waals surface area (Å²) in [5.74, 6) is 0.271. The summed E-state index contributed by atoms with van der Waals surface area (Å²) in [5.41, 5.74) is 1.44. The Balaban J connectivity index is 1.95. The van der Waals surface area contributed by atoms with Gasteiger partial charge < -0.3 is 4.90 Å². The number of nitrogens with zero attached hydrogens (tertiary/aromatic N) is 2. The average molecular weight is 465 g/mol. The molecule has 0 aromatic heterocycles. The minimum Gasteiger partial charge on any atom is -0.341 e. The summed E-state index contributed by atoms with van der Waals surface area (Å²) in [6.07, 6.45) is 2.05. The van der Waals surface area contributed by atoms with Crippen molar-refractivity contribution in [3.63, 3.8) is 0 Å². The number of likely N-dealkylation sites (tertiary alicyclic amines) is 1. The maximum Gasteiger partial charge on any atom is 0.264 e. The molecule has 2 aromatic rings. The Bertz CT molecular complexity index is 944. The molecule has 5 nitrogen and oxygen atoms in total. The number of halogens is 1. The van der Waals surface area contributed by atoms with Crippen molar-refractivity contribution in [1.82, 2.24) is 4.90 Å². The van der Waals surface area contributed by atoms with E-state index in [1.165, 1.54) is 4.31 Å². The lowest BCUT2D eigenvalue weighted by Gasteiger charge is -2.33. The molecule has 0 spiro atoms. The second-order valence-electron chi connectivity index (χ2n) is 7.39. The normalized spacial score (nSPS) is 17.4. The number of hydrogen-bond acceptors (Lipinski definition) is 3. The van der Waals surface area contributed by atoms with Crippen molar-refractivity contribution < 1.29 is 13.2 Å². The van der Waals surface area contributed by atoms with E-state index in [0.29, 0.717) is 24.7 Å². The van der Waals surface area contributed by atoms with Crippen LogP contribution >= 0.6 is 15.9 Å². The monoisotopic (exact) mass is 464 g/mol. The maximum atomic E-state index is 13.4. The summed E-state index contributed by atoms with van der Waals surface area (Å²) in [5, 5.41) is 0. The van der Waals surface area contributed by atoms with Gasteiger partial charge in [0, 0.05) is 17.6 Å². The van der Waals surface area contributed by atoms with Gasteiger partial charge in [0.2, 0.25) is 5.91 Å². The van der Waals surface area contributed by atoms with E-state index in [1.54, 1.807) is 47.4 Å². The van der Waals surface area contributed by atoms with E-state index in [4.69, 9.17) is 0 Å². The number of anilines is 1. The standard InChI is InChI=1S/C21H25BrN2O3S/c1-16-8-10-20(11-9-16)28(26,27)24(19-7-3-6-18(22)13-19)15-21(25)23-12-4-5-17(2)14-23/h3,6-11,13,17H,4-5,12,14-15H2,1-2H3/t17-/m1/s1. The summed E-state index contributed by atoms with van der Waals surface area (Å²) in [6.45, 7) is 5.17. The molecule has 1 amide bonds. The molecule has 28 heavy (non-hydrogen) atoms. The number of hydrogen-bond donors (Lipinski definition) is 0. The fourth-order valence-electron chi connectivity index (χ4n) is 3.42. The van der Waals surface area contributed by atoms with Gasteiger partial charge in [0.25, 0.3) is 10.0 Å². The van der Waals surface area contributed by atoms with Gasteiger partial charge in [0.05, 0.1) is 10.6 Å². The first-order valence-corrected chi connectivity index (χ1v) is 11.6. The lowest BCUT2D eigenvalue weighted by molar-refractivity contribution is -0.131. The van der Waals surface area contributed by atoms with Gasteiger partial charge in [-0.25, -0.2) is 8.42 Å². The van der Waals surface area contributed by atoms with E-state index in [9.17, 15) is 13.2 Å². The average Bonchev–Trinajstić information content (AvgIpc) is 2.66. The van der Waals surface area contributed by atoms with E-state index in [0.717, 1.165) is 22.9 Å². The third-order valence-corrected chi connectivity index (χ3v) is 7.28.